The Morgan fingerprint density at radius 2 is 1.56 bits per heavy atom. The molecule has 0 unspecified atom stereocenters. The number of aryl methyl sites for hydroxylation is 1. The summed E-state index contributed by atoms with van der Waals surface area (Å²) in [7, 11) is 0. The molecular weight excluding hydrogens is 426 g/mol. The normalized spacial score (nSPS) is 14.3. The van der Waals surface area contributed by atoms with Crippen LogP contribution in [0.4, 0.5) is 0 Å². The van der Waals surface area contributed by atoms with Crippen molar-refractivity contribution in [2.45, 2.75) is 44.9 Å². The smallest absolute Gasteiger partial charge is 0 e. The van der Waals surface area contributed by atoms with Crippen molar-refractivity contribution in [3.8, 4) is 11.1 Å². The Morgan fingerprint density at radius 1 is 0.880 bits per heavy atom. The van der Waals surface area contributed by atoms with Gasteiger partial charge in [0.1, 0.15) is 0 Å². The van der Waals surface area contributed by atoms with Gasteiger partial charge in [-0.1, -0.05) is 62.1 Å². The Kier molecular flexibility index (Phi) is 9.03. The van der Waals surface area contributed by atoms with E-state index in [9.17, 15) is 0 Å². The Balaban J connectivity index is 0.00000104. The fraction of sp³-hybridized carbons (Fsp3) is 0.318. The summed E-state index contributed by atoms with van der Waals surface area (Å²) in [5.74, 6) is 0.791. The summed E-state index contributed by atoms with van der Waals surface area (Å²) in [5, 5.41) is 2.73. The quantitative estimate of drug-likeness (QED) is 0.356. The minimum absolute atomic E-state index is 0. The molecule has 0 saturated heterocycles. The van der Waals surface area contributed by atoms with Crippen LogP contribution in [0.25, 0.3) is 21.9 Å². The Labute approximate surface area is 182 Å². The number of halogens is 2. The summed E-state index contributed by atoms with van der Waals surface area (Å²) in [4.78, 5) is 0. The van der Waals surface area contributed by atoms with E-state index in [0.29, 0.717) is 0 Å². The van der Waals surface area contributed by atoms with Crippen molar-refractivity contribution in [1.29, 1.82) is 0 Å². The van der Waals surface area contributed by atoms with Crippen LogP contribution < -0.4 is 0 Å². The first-order valence-electron chi connectivity index (χ1n) is 8.58. The van der Waals surface area contributed by atoms with Gasteiger partial charge in [0.05, 0.1) is 0 Å². The zero-order valence-electron chi connectivity index (χ0n) is 14.6. The molecule has 4 rings (SSSR count). The third kappa shape index (κ3) is 4.82. The molecule has 1 aliphatic carbocycles. The van der Waals surface area contributed by atoms with Crippen molar-refractivity contribution in [3.05, 3.63) is 65.7 Å². The molecule has 1 aliphatic rings. The molecule has 1 fully saturated rings. The summed E-state index contributed by atoms with van der Waals surface area (Å²) in [6, 6.07) is 20.6. The summed E-state index contributed by atoms with van der Waals surface area (Å²) in [5.41, 5.74) is 5.59. The molecule has 0 amide bonds. The molecule has 0 aliphatic heterocycles. The van der Waals surface area contributed by atoms with E-state index >= 15 is 0 Å². The van der Waals surface area contributed by atoms with Gasteiger partial charge in [-0.3, -0.25) is 0 Å². The van der Waals surface area contributed by atoms with Crippen LogP contribution in [-0.4, -0.2) is 0 Å². The Morgan fingerprint density at radius 3 is 2.24 bits per heavy atom. The van der Waals surface area contributed by atoms with Gasteiger partial charge in [0.2, 0.25) is 0 Å². The zero-order chi connectivity index (χ0) is 14.9. The summed E-state index contributed by atoms with van der Waals surface area (Å²) >= 11 is 0. The molecule has 0 atom stereocenters. The molecule has 3 aromatic carbocycles. The van der Waals surface area contributed by atoms with E-state index < -0.39 is 0 Å². The Bertz CT molecular complexity index is 783. The van der Waals surface area contributed by atoms with Gasteiger partial charge < -0.3 is 0 Å². The second-order valence-electron chi connectivity index (χ2n) is 6.80. The molecule has 25 heavy (non-hydrogen) atoms. The maximum absolute atomic E-state index is 2.36. The van der Waals surface area contributed by atoms with Crippen LogP contribution in [0.3, 0.4) is 0 Å². The topological polar surface area (TPSA) is 0 Å². The molecule has 0 spiro atoms. The van der Waals surface area contributed by atoms with Crippen LogP contribution in [-0.2, 0) is 26.2 Å². The van der Waals surface area contributed by atoms with Crippen LogP contribution in [0.15, 0.2) is 54.6 Å². The van der Waals surface area contributed by atoms with Crippen LogP contribution >= 0.6 is 24.8 Å². The van der Waals surface area contributed by atoms with Crippen molar-refractivity contribution >= 4 is 35.6 Å². The van der Waals surface area contributed by atoms with Crippen LogP contribution in [0.2, 0.25) is 0 Å². The number of rotatable bonds is 2. The van der Waals surface area contributed by atoms with Gasteiger partial charge in [0, 0.05) is 26.2 Å². The van der Waals surface area contributed by atoms with E-state index in [2.05, 4.69) is 61.5 Å². The number of hydrogen-bond donors (Lipinski definition) is 0. The molecule has 0 N–H and O–H groups in total. The van der Waals surface area contributed by atoms with E-state index in [1.807, 2.05) is 0 Å². The fourth-order valence-corrected chi connectivity index (χ4v) is 4.01. The first-order chi connectivity index (χ1) is 10.8. The molecule has 0 nitrogen and oxygen atoms in total. The number of benzene rings is 2. The van der Waals surface area contributed by atoms with Gasteiger partial charge in [0.15, 0.2) is 0 Å². The predicted octanol–water partition coefficient (Wildman–Crippen LogP) is 7.42. The minimum atomic E-state index is 0. The van der Waals surface area contributed by atoms with Gasteiger partial charge >= 0.3 is 0 Å². The van der Waals surface area contributed by atoms with E-state index in [4.69, 9.17) is 0 Å². The molecule has 0 radical (unpaired) electrons. The largest absolute Gasteiger partial charge is 0.165 e. The van der Waals surface area contributed by atoms with Crippen LogP contribution in [0.1, 0.15) is 49.1 Å². The van der Waals surface area contributed by atoms with Gasteiger partial charge in [-0.2, -0.15) is 6.07 Å². The summed E-state index contributed by atoms with van der Waals surface area (Å²) in [6.07, 6.45) is 6.97. The molecule has 132 valence electrons. The van der Waals surface area contributed by atoms with Crippen LogP contribution in [0, 0.1) is 6.92 Å². The van der Waals surface area contributed by atoms with Crippen molar-refractivity contribution in [2.24, 2.45) is 0 Å². The van der Waals surface area contributed by atoms with E-state index in [-0.39, 0.29) is 51.0 Å². The molecular formula is C22H25Cl2Zr-. The number of fused-ring (bicyclic) bond motifs is 1. The van der Waals surface area contributed by atoms with Crippen molar-refractivity contribution in [2.75, 3.05) is 0 Å². The zero-order valence-corrected chi connectivity index (χ0v) is 18.7. The molecule has 1 saturated carbocycles. The first-order valence-corrected chi connectivity index (χ1v) is 8.58. The summed E-state index contributed by atoms with van der Waals surface area (Å²) in [6.45, 7) is 2.18. The van der Waals surface area contributed by atoms with Crippen molar-refractivity contribution in [3.63, 3.8) is 0 Å². The third-order valence-electron chi connectivity index (χ3n) is 5.19. The maximum atomic E-state index is 2.36. The van der Waals surface area contributed by atoms with Crippen molar-refractivity contribution < 1.29 is 26.2 Å². The van der Waals surface area contributed by atoms with Gasteiger partial charge in [-0.05, 0) is 29.9 Å². The van der Waals surface area contributed by atoms with E-state index in [1.165, 1.54) is 65.1 Å². The van der Waals surface area contributed by atoms with Gasteiger partial charge in [-0.25, -0.2) is 0 Å². The monoisotopic (exact) mass is 449 g/mol. The molecule has 0 bridgehead atoms. The molecule has 3 aromatic rings. The minimum Gasteiger partial charge on any atom is -0.165 e. The molecule has 0 aromatic heterocycles. The van der Waals surface area contributed by atoms with Gasteiger partial charge in [-0.15, -0.1) is 59.3 Å². The maximum Gasteiger partial charge on any atom is 0 e. The predicted molar refractivity (Wildman–Crippen MR) is 110 cm³/mol. The van der Waals surface area contributed by atoms with Crippen LogP contribution in [0.5, 0.6) is 0 Å². The third-order valence-corrected chi connectivity index (χ3v) is 5.19. The SMILES string of the molecule is Cc1cc2c(-c3ccc(C4CCCCC4)cc3)cccc2[cH-]1.Cl.Cl.[Zr]. The second kappa shape index (κ2) is 10.0. The number of hydrogen-bond acceptors (Lipinski definition) is 0. The second-order valence-corrected chi connectivity index (χ2v) is 6.80. The van der Waals surface area contributed by atoms with Crippen molar-refractivity contribution in [1.82, 2.24) is 0 Å². The van der Waals surface area contributed by atoms with E-state index in [0.717, 1.165) is 5.92 Å². The Hall–Kier alpha value is -0.487. The fourth-order valence-electron chi connectivity index (χ4n) is 4.01. The standard InChI is InChI=1S/C22H23.2ClH.Zr/c1-16-14-20-8-5-9-21(22(20)15-16)19-12-10-18(11-13-19)17-6-3-2-4-7-17;;;/h5,8-15,17H,2-4,6-7H2,1H3;2*1H;/q-1;;;. The first kappa shape index (κ1) is 22.6. The average molecular weight is 452 g/mol. The summed E-state index contributed by atoms with van der Waals surface area (Å²) < 4.78 is 0. The van der Waals surface area contributed by atoms with Gasteiger partial charge in [0.25, 0.3) is 0 Å². The average Bonchev–Trinajstić information content (AvgIpc) is 2.96. The molecule has 3 heteroatoms. The van der Waals surface area contributed by atoms with E-state index in [1.54, 1.807) is 0 Å². The molecule has 0 heterocycles.